The Labute approximate surface area is 135 Å². The molecule has 2 rings (SSSR count). The monoisotopic (exact) mass is 339 g/mol. The standard InChI is InChI=1S/C15H21N3O4S/c1-4-23(20,21)10(2)15(19)16-8-7-14-17-12-6-5-11(22-3)9-13(12)18-14/h5-6,9-10H,4,7-8H2,1-3H3,(H,16,19)(H,17,18)/t10-/m1/s1. The summed E-state index contributed by atoms with van der Waals surface area (Å²) in [7, 11) is -1.77. The first kappa shape index (κ1) is 17.3. The molecule has 126 valence electrons. The molecule has 2 N–H and O–H groups in total. The molecule has 0 spiro atoms. The number of carbonyl (C=O) groups excluding carboxylic acids is 1. The molecule has 7 nitrogen and oxygen atoms in total. The lowest BCUT2D eigenvalue weighted by Gasteiger charge is -2.11. The number of fused-ring (bicyclic) bond motifs is 1. The molecule has 0 aliphatic rings. The zero-order valence-corrected chi connectivity index (χ0v) is 14.2. The Kier molecular flexibility index (Phi) is 5.25. The molecule has 0 fully saturated rings. The highest BCUT2D eigenvalue weighted by Crippen LogP contribution is 2.18. The van der Waals surface area contributed by atoms with Crippen molar-refractivity contribution >= 4 is 26.8 Å². The molecule has 1 aromatic carbocycles. The summed E-state index contributed by atoms with van der Waals surface area (Å²) in [5, 5.41) is 1.60. The number of aromatic nitrogens is 2. The summed E-state index contributed by atoms with van der Waals surface area (Å²) in [4.78, 5) is 19.4. The molecule has 0 saturated heterocycles. The molecule has 2 aromatic rings. The van der Waals surface area contributed by atoms with E-state index in [1.807, 2.05) is 18.2 Å². The van der Waals surface area contributed by atoms with Crippen molar-refractivity contribution in [3.8, 4) is 5.75 Å². The number of hydrogen-bond acceptors (Lipinski definition) is 5. The Morgan fingerprint density at radius 2 is 2.17 bits per heavy atom. The smallest absolute Gasteiger partial charge is 0.238 e. The quantitative estimate of drug-likeness (QED) is 0.785. The largest absolute Gasteiger partial charge is 0.497 e. The Bertz CT molecular complexity index is 798. The molecule has 0 unspecified atom stereocenters. The van der Waals surface area contributed by atoms with Crippen LogP contribution in [0.5, 0.6) is 5.75 Å². The van der Waals surface area contributed by atoms with Crippen LogP contribution in [0.15, 0.2) is 18.2 Å². The summed E-state index contributed by atoms with van der Waals surface area (Å²) in [6.45, 7) is 3.25. The molecule has 8 heteroatoms. The van der Waals surface area contributed by atoms with Gasteiger partial charge in [-0.25, -0.2) is 13.4 Å². The normalized spacial score (nSPS) is 13.0. The van der Waals surface area contributed by atoms with Gasteiger partial charge in [0.1, 0.15) is 16.8 Å². The number of H-pyrrole nitrogens is 1. The van der Waals surface area contributed by atoms with Crippen LogP contribution in [0, 0.1) is 0 Å². The molecular formula is C15H21N3O4S. The number of hydrogen-bond donors (Lipinski definition) is 2. The Morgan fingerprint density at radius 3 is 2.83 bits per heavy atom. The van der Waals surface area contributed by atoms with Crippen LogP contribution in [0.1, 0.15) is 19.7 Å². The van der Waals surface area contributed by atoms with Crippen molar-refractivity contribution in [2.75, 3.05) is 19.4 Å². The lowest BCUT2D eigenvalue weighted by molar-refractivity contribution is -0.120. The first-order chi connectivity index (χ1) is 10.9. The van der Waals surface area contributed by atoms with Gasteiger partial charge in [-0.2, -0.15) is 0 Å². The third-order valence-corrected chi connectivity index (χ3v) is 5.81. The molecular weight excluding hydrogens is 318 g/mol. The molecule has 0 aliphatic carbocycles. The molecule has 1 aromatic heterocycles. The minimum atomic E-state index is -3.37. The molecule has 0 aliphatic heterocycles. The van der Waals surface area contributed by atoms with Crippen LogP contribution in [0.3, 0.4) is 0 Å². The zero-order chi connectivity index (χ0) is 17.0. The van der Waals surface area contributed by atoms with Crippen LogP contribution < -0.4 is 10.1 Å². The van der Waals surface area contributed by atoms with Crippen molar-refractivity contribution in [3.05, 3.63) is 24.0 Å². The third kappa shape index (κ3) is 4.01. The maximum Gasteiger partial charge on any atom is 0.238 e. The van der Waals surface area contributed by atoms with Gasteiger partial charge in [0, 0.05) is 24.8 Å². The number of methoxy groups -OCH3 is 1. The van der Waals surface area contributed by atoms with Gasteiger partial charge in [-0.3, -0.25) is 4.79 Å². The van der Waals surface area contributed by atoms with Crippen molar-refractivity contribution in [1.29, 1.82) is 0 Å². The number of carbonyl (C=O) groups is 1. The fraction of sp³-hybridized carbons (Fsp3) is 0.467. The number of amides is 1. The highest BCUT2D eigenvalue weighted by Gasteiger charge is 2.25. The number of rotatable bonds is 7. The molecule has 0 bridgehead atoms. The van der Waals surface area contributed by atoms with E-state index in [9.17, 15) is 13.2 Å². The number of ether oxygens (including phenoxy) is 1. The van der Waals surface area contributed by atoms with Crippen LogP contribution in [0.4, 0.5) is 0 Å². The number of imidazole rings is 1. The second-order valence-corrected chi connectivity index (χ2v) is 7.81. The van der Waals surface area contributed by atoms with E-state index in [1.165, 1.54) is 13.8 Å². The van der Waals surface area contributed by atoms with Gasteiger partial charge in [-0.1, -0.05) is 6.92 Å². The average Bonchev–Trinajstić information content (AvgIpc) is 2.95. The lowest BCUT2D eigenvalue weighted by atomic mass is 10.3. The van der Waals surface area contributed by atoms with Gasteiger partial charge in [-0.15, -0.1) is 0 Å². The first-order valence-corrected chi connectivity index (χ1v) is 9.11. The Morgan fingerprint density at radius 1 is 1.43 bits per heavy atom. The predicted molar refractivity (Wildman–Crippen MR) is 88.3 cm³/mol. The first-order valence-electron chi connectivity index (χ1n) is 7.39. The highest BCUT2D eigenvalue weighted by atomic mass is 32.2. The number of sulfone groups is 1. The lowest BCUT2D eigenvalue weighted by Crippen LogP contribution is -2.39. The van der Waals surface area contributed by atoms with E-state index in [4.69, 9.17) is 4.74 Å². The number of nitrogens with one attached hydrogen (secondary N) is 2. The van der Waals surface area contributed by atoms with Gasteiger partial charge in [0.25, 0.3) is 0 Å². The Balaban J connectivity index is 1.95. The number of benzene rings is 1. The van der Waals surface area contributed by atoms with Crippen LogP contribution in [0.2, 0.25) is 0 Å². The van der Waals surface area contributed by atoms with E-state index < -0.39 is 21.0 Å². The van der Waals surface area contributed by atoms with Gasteiger partial charge >= 0.3 is 0 Å². The molecule has 23 heavy (non-hydrogen) atoms. The summed E-state index contributed by atoms with van der Waals surface area (Å²) in [5.41, 5.74) is 1.67. The van der Waals surface area contributed by atoms with E-state index in [-0.39, 0.29) is 5.75 Å². The molecule has 1 amide bonds. The van der Waals surface area contributed by atoms with Gasteiger partial charge in [-0.05, 0) is 19.1 Å². The van der Waals surface area contributed by atoms with Crippen LogP contribution >= 0.6 is 0 Å². The minimum absolute atomic E-state index is 0.0486. The van der Waals surface area contributed by atoms with E-state index >= 15 is 0 Å². The molecule has 0 radical (unpaired) electrons. The van der Waals surface area contributed by atoms with Crippen molar-refractivity contribution in [2.24, 2.45) is 0 Å². The van der Waals surface area contributed by atoms with E-state index in [0.717, 1.165) is 22.6 Å². The van der Waals surface area contributed by atoms with Crippen molar-refractivity contribution in [3.63, 3.8) is 0 Å². The van der Waals surface area contributed by atoms with E-state index in [1.54, 1.807) is 7.11 Å². The highest BCUT2D eigenvalue weighted by molar-refractivity contribution is 7.92. The summed E-state index contributed by atoms with van der Waals surface area (Å²) in [6, 6.07) is 5.52. The second-order valence-electron chi connectivity index (χ2n) is 5.20. The molecule has 0 saturated carbocycles. The summed E-state index contributed by atoms with van der Waals surface area (Å²) in [5.74, 6) is 0.927. The summed E-state index contributed by atoms with van der Waals surface area (Å²) in [6.07, 6.45) is 0.488. The average molecular weight is 339 g/mol. The third-order valence-electron chi connectivity index (χ3n) is 3.71. The van der Waals surface area contributed by atoms with Crippen molar-refractivity contribution in [1.82, 2.24) is 15.3 Å². The van der Waals surface area contributed by atoms with E-state index in [2.05, 4.69) is 15.3 Å². The summed E-state index contributed by atoms with van der Waals surface area (Å²) < 4.78 is 28.5. The van der Waals surface area contributed by atoms with Crippen molar-refractivity contribution < 1.29 is 17.9 Å². The van der Waals surface area contributed by atoms with Gasteiger partial charge < -0.3 is 15.0 Å². The van der Waals surface area contributed by atoms with Gasteiger partial charge in [0.05, 0.1) is 18.1 Å². The maximum absolute atomic E-state index is 11.9. The van der Waals surface area contributed by atoms with Crippen LogP contribution in [-0.4, -0.2) is 49.0 Å². The van der Waals surface area contributed by atoms with Crippen molar-refractivity contribution in [2.45, 2.75) is 25.5 Å². The fourth-order valence-electron chi connectivity index (χ4n) is 2.15. The molecule has 1 heterocycles. The number of aromatic amines is 1. The maximum atomic E-state index is 11.9. The van der Waals surface area contributed by atoms with Gasteiger partial charge in [0.2, 0.25) is 5.91 Å². The fourth-order valence-corrected chi connectivity index (χ4v) is 3.06. The van der Waals surface area contributed by atoms with Crippen LogP contribution in [-0.2, 0) is 21.1 Å². The zero-order valence-electron chi connectivity index (χ0n) is 13.4. The predicted octanol–water partition coefficient (Wildman–Crippen LogP) is 1.05. The topological polar surface area (TPSA) is 101 Å². The Hall–Kier alpha value is -2.09. The minimum Gasteiger partial charge on any atom is -0.497 e. The second kappa shape index (κ2) is 6.99. The van der Waals surface area contributed by atoms with E-state index in [0.29, 0.717) is 13.0 Å². The SMILES string of the molecule is CCS(=O)(=O)[C@H](C)C(=O)NCCc1nc2ccc(OC)cc2[nH]1. The number of nitrogens with zero attached hydrogens (tertiary/aromatic N) is 1. The molecule has 1 atom stereocenters. The summed E-state index contributed by atoms with van der Waals surface area (Å²) >= 11 is 0. The van der Waals surface area contributed by atoms with Crippen LogP contribution in [0.25, 0.3) is 11.0 Å². The van der Waals surface area contributed by atoms with Gasteiger partial charge in [0.15, 0.2) is 9.84 Å².